The second kappa shape index (κ2) is 7.21. The summed E-state index contributed by atoms with van der Waals surface area (Å²) in [6, 6.07) is 7.94. The van der Waals surface area contributed by atoms with Gasteiger partial charge in [-0.3, -0.25) is 0 Å². The summed E-state index contributed by atoms with van der Waals surface area (Å²) in [6.45, 7) is 7.50. The zero-order valence-corrected chi connectivity index (χ0v) is 11.4. The van der Waals surface area contributed by atoms with Gasteiger partial charge in [0, 0.05) is 17.6 Å². The van der Waals surface area contributed by atoms with Crippen molar-refractivity contribution in [1.82, 2.24) is 5.32 Å². The number of ether oxygens (including phenoxy) is 1. The predicted molar refractivity (Wildman–Crippen MR) is 74.6 cm³/mol. The maximum atomic E-state index is 5.48. The van der Waals surface area contributed by atoms with Gasteiger partial charge in [0.15, 0.2) is 0 Å². The Labute approximate surface area is 110 Å². The third-order valence-electron chi connectivity index (χ3n) is 2.09. The number of terminal acetylenes is 1. The second-order valence-corrected chi connectivity index (χ2v) is 4.70. The van der Waals surface area contributed by atoms with Gasteiger partial charge in [-0.2, -0.15) is 0 Å². The number of halogens is 1. The molecule has 0 unspecified atom stereocenters. The molecular weight excluding hydrogens is 234 g/mol. The number of para-hydroxylation sites is 1. The summed E-state index contributed by atoms with van der Waals surface area (Å²) < 4.78 is 5.48. The first-order valence-corrected chi connectivity index (χ1v) is 5.42. The molecule has 0 bridgehead atoms. The second-order valence-electron chi connectivity index (χ2n) is 4.70. The number of hydrogen-bond donors (Lipinski definition) is 1. The molecule has 1 aromatic carbocycles. The molecule has 0 aromatic heterocycles. The van der Waals surface area contributed by atoms with Crippen LogP contribution in [0.1, 0.15) is 26.3 Å². The minimum absolute atomic E-state index is 0. The molecule has 0 radical (unpaired) electrons. The van der Waals surface area contributed by atoms with Crippen molar-refractivity contribution < 1.29 is 4.74 Å². The lowest BCUT2D eigenvalue weighted by Crippen LogP contribution is -2.35. The lowest BCUT2D eigenvalue weighted by atomic mass is 10.1. The number of rotatable bonds is 4. The number of benzene rings is 1. The Morgan fingerprint density at radius 3 is 2.53 bits per heavy atom. The fraction of sp³-hybridized carbons (Fsp3) is 0.429. The van der Waals surface area contributed by atoms with Crippen LogP contribution in [-0.4, -0.2) is 12.1 Å². The largest absolute Gasteiger partial charge is 0.481 e. The Morgan fingerprint density at radius 2 is 1.94 bits per heavy atom. The van der Waals surface area contributed by atoms with Gasteiger partial charge in [-0.1, -0.05) is 24.1 Å². The Balaban J connectivity index is 0.00000256. The van der Waals surface area contributed by atoms with Crippen molar-refractivity contribution in [3.8, 4) is 18.1 Å². The van der Waals surface area contributed by atoms with E-state index in [1.165, 1.54) is 0 Å². The molecular formula is C14H20ClNO. The van der Waals surface area contributed by atoms with Crippen LogP contribution in [0.15, 0.2) is 24.3 Å². The van der Waals surface area contributed by atoms with Gasteiger partial charge >= 0.3 is 0 Å². The first-order valence-electron chi connectivity index (χ1n) is 5.42. The molecule has 0 aliphatic carbocycles. The lowest BCUT2D eigenvalue weighted by Gasteiger charge is -2.21. The molecule has 0 saturated carbocycles. The zero-order chi connectivity index (χ0) is 12.0. The average Bonchev–Trinajstić information content (AvgIpc) is 2.23. The van der Waals surface area contributed by atoms with E-state index in [1.807, 2.05) is 24.3 Å². The van der Waals surface area contributed by atoms with Crippen LogP contribution in [-0.2, 0) is 6.54 Å². The zero-order valence-electron chi connectivity index (χ0n) is 10.6. The van der Waals surface area contributed by atoms with Crippen LogP contribution in [0, 0.1) is 12.3 Å². The number of nitrogens with one attached hydrogen (secondary N) is 1. The smallest absolute Gasteiger partial charge is 0.148 e. The van der Waals surface area contributed by atoms with Crippen LogP contribution in [0.4, 0.5) is 0 Å². The quantitative estimate of drug-likeness (QED) is 0.833. The molecule has 94 valence electrons. The fourth-order valence-corrected chi connectivity index (χ4v) is 1.27. The van der Waals surface area contributed by atoms with Gasteiger partial charge in [-0.05, 0) is 26.8 Å². The summed E-state index contributed by atoms with van der Waals surface area (Å²) in [7, 11) is 0. The molecule has 3 heteroatoms. The van der Waals surface area contributed by atoms with Crippen LogP contribution in [0.5, 0.6) is 5.75 Å². The summed E-state index contributed by atoms with van der Waals surface area (Å²) >= 11 is 0. The highest BCUT2D eigenvalue weighted by Crippen LogP contribution is 2.18. The maximum Gasteiger partial charge on any atom is 0.148 e. The first-order chi connectivity index (χ1) is 7.53. The van der Waals surface area contributed by atoms with E-state index in [0.29, 0.717) is 6.61 Å². The molecule has 0 aliphatic rings. The van der Waals surface area contributed by atoms with Gasteiger partial charge in [0.05, 0.1) is 0 Å². The molecule has 0 atom stereocenters. The summed E-state index contributed by atoms with van der Waals surface area (Å²) in [5.41, 5.74) is 1.23. The van der Waals surface area contributed by atoms with Crippen molar-refractivity contribution >= 4 is 12.4 Å². The van der Waals surface area contributed by atoms with E-state index in [4.69, 9.17) is 11.2 Å². The maximum absolute atomic E-state index is 5.48. The van der Waals surface area contributed by atoms with E-state index in [-0.39, 0.29) is 17.9 Å². The molecule has 1 aromatic rings. The highest BCUT2D eigenvalue weighted by molar-refractivity contribution is 5.85. The topological polar surface area (TPSA) is 21.3 Å². The summed E-state index contributed by atoms with van der Waals surface area (Å²) in [5, 5.41) is 3.42. The Kier molecular flexibility index (Phi) is 6.72. The Morgan fingerprint density at radius 1 is 1.29 bits per heavy atom. The van der Waals surface area contributed by atoms with E-state index in [0.717, 1.165) is 17.9 Å². The molecule has 0 spiro atoms. The van der Waals surface area contributed by atoms with Gasteiger partial charge in [-0.15, -0.1) is 18.8 Å². The predicted octanol–water partition coefficient (Wildman–Crippen LogP) is 3.01. The first kappa shape index (κ1) is 15.8. The molecule has 1 N–H and O–H groups in total. The molecule has 0 amide bonds. The van der Waals surface area contributed by atoms with Gasteiger partial charge in [-0.25, -0.2) is 0 Å². The Hall–Kier alpha value is -1.17. The molecule has 0 saturated heterocycles. The average molecular weight is 254 g/mol. The van der Waals surface area contributed by atoms with Crippen LogP contribution < -0.4 is 10.1 Å². The molecule has 0 fully saturated rings. The van der Waals surface area contributed by atoms with E-state index >= 15 is 0 Å². The van der Waals surface area contributed by atoms with Crippen molar-refractivity contribution in [1.29, 1.82) is 0 Å². The third-order valence-corrected chi connectivity index (χ3v) is 2.09. The van der Waals surface area contributed by atoms with Crippen LogP contribution in [0.3, 0.4) is 0 Å². The van der Waals surface area contributed by atoms with Crippen molar-refractivity contribution in [2.75, 3.05) is 6.61 Å². The van der Waals surface area contributed by atoms with Gasteiger partial charge in [0.1, 0.15) is 12.4 Å². The SMILES string of the molecule is C#CCOc1ccccc1CNC(C)(C)C.Cl. The summed E-state index contributed by atoms with van der Waals surface area (Å²) in [6.07, 6.45) is 5.18. The molecule has 1 rings (SSSR count). The van der Waals surface area contributed by atoms with Gasteiger partial charge in [0.25, 0.3) is 0 Å². The molecule has 0 aliphatic heterocycles. The van der Waals surface area contributed by atoms with Crippen molar-refractivity contribution in [3.63, 3.8) is 0 Å². The minimum atomic E-state index is 0. The summed E-state index contributed by atoms with van der Waals surface area (Å²) in [5.74, 6) is 3.33. The highest BCUT2D eigenvalue weighted by Gasteiger charge is 2.10. The third kappa shape index (κ3) is 6.21. The van der Waals surface area contributed by atoms with Crippen molar-refractivity contribution in [2.45, 2.75) is 32.9 Å². The van der Waals surface area contributed by atoms with Crippen LogP contribution in [0.2, 0.25) is 0 Å². The van der Waals surface area contributed by atoms with E-state index in [2.05, 4.69) is 32.0 Å². The molecule has 2 nitrogen and oxygen atoms in total. The van der Waals surface area contributed by atoms with Crippen LogP contribution in [0.25, 0.3) is 0 Å². The molecule has 0 heterocycles. The van der Waals surface area contributed by atoms with Gasteiger partial charge in [0.2, 0.25) is 0 Å². The van der Waals surface area contributed by atoms with Gasteiger partial charge < -0.3 is 10.1 Å². The van der Waals surface area contributed by atoms with Crippen LogP contribution >= 0.6 is 12.4 Å². The van der Waals surface area contributed by atoms with Crippen molar-refractivity contribution in [3.05, 3.63) is 29.8 Å². The minimum Gasteiger partial charge on any atom is -0.481 e. The van der Waals surface area contributed by atoms with Crippen molar-refractivity contribution in [2.24, 2.45) is 0 Å². The highest BCUT2D eigenvalue weighted by atomic mass is 35.5. The standard InChI is InChI=1S/C14H19NO.ClH/c1-5-10-16-13-9-7-6-8-12(13)11-15-14(2,3)4;/h1,6-9,15H,10-11H2,2-4H3;1H. The van der Waals surface area contributed by atoms with E-state index < -0.39 is 0 Å². The summed E-state index contributed by atoms with van der Waals surface area (Å²) in [4.78, 5) is 0. The monoisotopic (exact) mass is 253 g/mol. The number of hydrogen-bond acceptors (Lipinski definition) is 2. The normalized spacial score (nSPS) is 10.2. The van der Waals surface area contributed by atoms with E-state index in [1.54, 1.807) is 0 Å². The molecule has 17 heavy (non-hydrogen) atoms. The van der Waals surface area contributed by atoms with E-state index in [9.17, 15) is 0 Å². The lowest BCUT2D eigenvalue weighted by molar-refractivity contribution is 0.359. The Bertz CT molecular complexity index is 377. The fourth-order valence-electron chi connectivity index (χ4n) is 1.27.